The Hall–Kier alpha value is -2.22. The van der Waals surface area contributed by atoms with Gasteiger partial charge in [-0.05, 0) is 30.7 Å². The van der Waals surface area contributed by atoms with Crippen molar-refractivity contribution in [3.05, 3.63) is 59.7 Å². The topological polar surface area (TPSA) is 113 Å². The minimum atomic E-state index is -4.94. The number of para-hydroxylation sites is 2. The first kappa shape index (κ1) is 16.6. The number of halogens is 1. The van der Waals surface area contributed by atoms with Gasteiger partial charge in [-0.25, -0.2) is 23.1 Å². The van der Waals surface area contributed by atoms with Crippen molar-refractivity contribution in [2.45, 2.75) is 13.5 Å². The molecule has 4 rings (SSSR count). The van der Waals surface area contributed by atoms with E-state index < -0.39 is 10.2 Å². The number of hydrogen-bond acceptors (Lipinski definition) is 5. The Balaban J connectivity index is 0.000000300. The summed E-state index contributed by atoms with van der Waals surface area (Å²) >= 11 is 0. The number of benzene rings is 2. The highest BCUT2D eigenvalue weighted by Crippen LogP contribution is 2.40. The molecule has 24 heavy (non-hydrogen) atoms. The number of aryl methyl sites for hydroxylation is 1. The Labute approximate surface area is 139 Å². The molecule has 0 spiro atoms. The van der Waals surface area contributed by atoms with Crippen molar-refractivity contribution >= 4 is 11.0 Å². The van der Waals surface area contributed by atoms with Crippen molar-refractivity contribution in [2.75, 3.05) is 0 Å². The second-order valence-corrected chi connectivity index (χ2v) is 5.95. The Morgan fingerprint density at radius 2 is 1.58 bits per heavy atom. The molecule has 1 aromatic heterocycles. The Morgan fingerprint density at radius 3 is 2.33 bits per heavy atom. The maximum Gasteiger partial charge on any atom is 0.371 e. The van der Waals surface area contributed by atoms with Crippen molar-refractivity contribution in [1.29, 1.82) is 0 Å². The highest BCUT2D eigenvalue weighted by Gasteiger charge is 2.31. The van der Waals surface area contributed by atoms with E-state index in [1.807, 2.05) is 42.5 Å². The molecular weight excluding hydrogens is 336 g/mol. The molecule has 2 heterocycles. The largest absolute Gasteiger partial charge is 0.488 e. The molecule has 0 radical (unpaired) electrons. The second-order valence-electron chi connectivity index (χ2n) is 5.19. The van der Waals surface area contributed by atoms with Gasteiger partial charge in [0.1, 0.15) is 17.9 Å². The molecule has 0 aliphatic carbocycles. The lowest BCUT2D eigenvalue weighted by Crippen LogP contribution is -2.68. The SMILES string of the molecule is Cc1c2c([o+]c3ccccc13)-c1ccccc1OC2.[O-][Cl+3]([O-])([O-])[O-]. The van der Waals surface area contributed by atoms with Crippen LogP contribution in [0, 0.1) is 17.2 Å². The van der Waals surface area contributed by atoms with Crippen LogP contribution in [0.5, 0.6) is 5.75 Å². The zero-order chi connectivity index (χ0) is 17.3. The molecule has 0 saturated carbocycles. The van der Waals surface area contributed by atoms with Gasteiger partial charge in [0.25, 0.3) is 0 Å². The van der Waals surface area contributed by atoms with E-state index >= 15 is 0 Å². The second kappa shape index (κ2) is 6.35. The molecule has 1 aliphatic rings. The minimum absolute atomic E-state index is 0.576. The minimum Gasteiger partial charge on any atom is -0.488 e. The van der Waals surface area contributed by atoms with Crippen molar-refractivity contribution in [2.24, 2.45) is 0 Å². The third-order valence-electron chi connectivity index (χ3n) is 3.73. The molecule has 0 amide bonds. The van der Waals surface area contributed by atoms with Crippen molar-refractivity contribution in [1.82, 2.24) is 0 Å². The number of rotatable bonds is 0. The molecule has 2 aromatic carbocycles. The van der Waals surface area contributed by atoms with Crippen LogP contribution in [0.25, 0.3) is 22.3 Å². The van der Waals surface area contributed by atoms with E-state index in [-0.39, 0.29) is 0 Å². The van der Waals surface area contributed by atoms with Crippen LogP contribution in [0.15, 0.2) is 52.9 Å². The van der Waals surface area contributed by atoms with Crippen LogP contribution in [0.1, 0.15) is 11.1 Å². The van der Waals surface area contributed by atoms with Gasteiger partial charge in [-0.2, -0.15) is 0 Å². The molecule has 3 aromatic rings. The average Bonchev–Trinajstić information content (AvgIpc) is 2.53. The molecule has 124 valence electrons. The van der Waals surface area contributed by atoms with E-state index in [9.17, 15) is 0 Å². The lowest BCUT2D eigenvalue weighted by Gasteiger charge is -2.17. The summed E-state index contributed by atoms with van der Waals surface area (Å²) in [4.78, 5) is 0. The summed E-state index contributed by atoms with van der Waals surface area (Å²) in [6.45, 7) is 2.71. The molecule has 0 fully saturated rings. The zero-order valence-corrected chi connectivity index (χ0v) is 13.4. The van der Waals surface area contributed by atoms with Gasteiger partial charge in [-0.1, -0.05) is 24.3 Å². The smallest absolute Gasteiger partial charge is 0.371 e. The summed E-state index contributed by atoms with van der Waals surface area (Å²) in [6.07, 6.45) is 0. The first-order chi connectivity index (χ1) is 11.3. The predicted octanol–water partition coefficient (Wildman–Crippen LogP) is -0.174. The average molecular weight is 349 g/mol. The molecule has 6 nitrogen and oxygen atoms in total. The number of fused-ring (bicyclic) bond motifs is 4. The predicted molar refractivity (Wildman–Crippen MR) is 75.1 cm³/mol. The van der Waals surface area contributed by atoms with Gasteiger partial charge >= 0.3 is 11.3 Å². The van der Waals surface area contributed by atoms with Crippen molar-refractivity contribution < 1.29 is 38.0 Å². The first-order valence-electron chi connectivity index (χ1n) is 7.03. The summed E-state index contributed by atoms with van der Waals surface area (Å²) < 4.78 is 45.9. The Morgan fingerprint density at radius 1 is 0.958 bits per heavy atom. The van der Waals surface area contributed by atoms with Gasteiger partial charge in [0, 0.05) is 6.07 Å². The van der Waals surface area contributed by atoms with Crippen LogP contribution in [0.3, 0.4) is 0 Å². The van der Waals surface area contributed by atoms with Crippen LogP contribution in [0.2, 0.25) is 0 Å². The quantitative estimate of drug-likeness (QED) is 0.521. The summed E-state index contributed by atoms with van der Waals surface area (Å²) in [5.41, 5.74) is 4.36. The van der Waals surface area contributed by atoms with Crippen molar-refractivity contribution in [3.8, 4) is 17.1 Å². The van der Waals surface area contributed by atoms with E-state index in [4.69, 9.17) is 27.8 Å². The van der Waals surface area contributed by atoms with Crippen LogP contribution in [-0.4, -0.2) is 0 Å². The Bertz CT molecular complexity index is 882. The Kier molecular flexibility index (Phi) is 4.40. The van der Waals surface area contributed by atoms with E-state index in [1.54, 1.807) is 0 Å². The third kappa shape index (κ3) is 3.48. The lowest BCUT2D eigenvalue weighted by molar-refractivity contribution is -2.00. The van der Waals surface area contributed by atoms with Crippen LogP contribution >= 0.6 is 0 Å². The summed E-state index contributed by atoms with van der Waals surface area (Å²) in [5.74, 6) is 1.84. The normalized spacial score (nSPS) is 12.5. The molecule has 0 saturated heterocycles. The fraction of sp³-hybridized carbons (Fsp3) is 0.118. The van der Waals surface area contributed by atoms with E-state index in [1.165, 1.54) is 5.56 Å². The maximum absolute atomic E-state index is 8.49. The summed E-state index contributed by atoms with van der Waals surface area (Å²) in [6, 6.07) is 16.2. The lowest BCUT2D eigenvalue weighted by atomic mass is 9.98. The summed E-state index contributed by atoms with van der Waals surface area (Å²) in [5, 5.41) is 1.16. The first-order valence-corrected chi connectivity index (χ1v) is 8.26. The molecule has 0 bridgehead atoms. The molecule has 7 heteroatoms. The highest BCUT2D eigenvalue weighted by atomic mass is 35.7. The number of ether oxygens (including phenoxy) is 1. The molecule has 0 atom stereocenters. The third-order valence-corrected chi connectivity index (χ3v) is 3.73. The van der Waals surface area contributed by atoms with E-state index in [0.29, 0.717) is 6.61 Å². The van der Waals surface area contributed by atoms with Crippen molar-refractivity contribution in [3.63, 3.8) is 0 Å². The zero-order valence-electron chi connectivity index (χ0n) is 12.7. The van der Waals surface area contributed by atoms with Crippen LogP contribution in [0.4, 0.5) is 0 Å². The monoisotopic (exact) mass is 348 g/mol. The fourth-order valence-corrected chi connectivity index (χ4v) is 2.69. The van der Waals surface area contributed by atoms with Gasteiger partial charge < -0.3 is 4.74 Å². The molecule has 0 unspecified atom stereocenters. The molecule has 0 N–H and O–H groups in total. The van der Waals surface area contributed by atoms with Gasteiger partial charge in [-0.15, -0.1) is 10.2 Å². The highest BCUT2D eigenvalue weighted by molar-refractivity contribution is 5.85. The van der Waals surface area contributed by atoms with Gasteiger partial charge in [-0.3, -0.25) is 0 Å². The van der Waals surface area contributed by atoms with Crippen LogP contribution < -0.4 is 23.4 Å². The van der Waals surface area contributed by atoms with Gasteiger partial charge in [0.05, 0.1) is 10.9 Å². The van der Waals surface area contributed by atoms with Crippen LogP contribution in [-0.2, 0) is 6.61 Å². The standard InChI is InChI=1S/C17H13O2.ClHO4/c1-11-12-6-2-5-9-16(12)19-17-13-7-3-4-8-15(13)18-10-14(11)17;2-1(3,4)5/h2-9H,10H2,1H3;(H,2,3,4,5)/q+1;/p-1. The van der Waals surface area contributed by atoms with E-state index in [0.717, 1.165) is 33.6 Å². The summed E-state index contributed by atoms with van der Waals surface area (Å²) in [7, 11) is -4.94. The van der Waals surface area contributed by atoms with E-state index in [2.05, 4.69) is 13.0 Å². The van der Waals surface area contributed by atoms with Gasteiger partial charge in [0.2, 0.25) is 0 Å². The maximum atomic E-state index is 8.49. The molecular formula is C17H13ClO6. The molecule has 1 aliphatic heterocycles. The fourth-order valence-electron chi connectivity index (χ4n) is 2.69. The number of hydrogen-bond donors (Lipinski definition) is 0. The van der Waals surface area contributed by atoms with Gasteiger partial charge in [0.15, 0.2) is 0 Å².